The Morgan fingerprint density at radius 1 is 1.19 bits per heavy atom. The quantitative estimate of drug-likeness (QED) is 0.722. The van der Waals surface area contributed by atoms with Crippen LogP contribution in [0.4, 0.5) is 4.79 Å². The summed E-state index contributed by atoms with van der Waals surface area (Å²) in [6, 6.07) is 7.16. The van der Waals surface area contributed by atoms with Gasteiger partial charge >= 0.3 is 12.1 Å². The first-order valence-corrected chi connectivity index (χ1v) is 8.23. The third kappa shape index (κ3) is 3.30. The van der Waals surface area contributed by atoms with Gasteiger partial charge < -0.3 is 9.47 Å². The molecule has 1 N–H and O–H groups in total. The van der Waals surface area contributed by atoms with Gasteiger partial charge in [-0.15, -0.1) is 5.10 Å². The zero-order valence-corrected chi connectivity index (χ0v) is 15.1. The molecule has 0 saturated heterocycles. The average molecular weight is 356 g/mol. The van der Waals surface area contributed by atoms with Crippen LogP contribution in [-0.2, 0) is 9.47 Å². The van der Waals surface area contributed by atoms with Crippen molar-refractivity contribution in [2.75, 3.05) is 6.61 Å². The summed E-state index contributed by atoms with van der Waals surface area (Å²) in [5.74, 6) is -0.556. The molecule has 0 saturated carbocycles. The summed E-state index contributed by atoms with van der Waals surface area (Å²) in [6.07, 6.45) is 1.15. The molecule has 0 spiro atoms. The Kier molecular flexibility index (Phi) is 4.50. The SMILES string of the molecule is CCOC(=O)c1n[nH]nc1-c1cccc2c1ccn2C(=O)OC(C)(C)C. The van der Waals surface area contributed by atoms with E-state index in [2.05, 4.69) is 15.4 Å². The van der Waals surface area contributed by atoms with E-state index in [0.29, 0.717) is 16.8 Å². The molecule has 3 rings (SSSR count). The standard InChI is InChI=1S/C18H20N4O4/c1-5-25-16(23)15-14(19-21-20-15)12-7-6-8-13-11(12)9-10-22(13)17(24)26-18(2,3)4/h6-10H,5H2,1-4H3,(H,19,20,21). The molecule has 8 nitrogen and oxygen atoms in total. The third-order valence-corrected chi connectivity index (χ3v) is 3.59. The van der Waals surface area contributed by atoms with Crippen LogP contribution in [0.1, 0.15) is 38.2 Å². The third-order valence-electron chi connectivity index (χ3n) is 3.59. The van der Waals surface area contributed by atoms with Crippen LogP contribution >= 0.6 is 0 Å². The number of hydrogen-bond acceptors (Lipinski definition) is 6. The number of H-pyrrole nitrogens is 1. The molecule has 0 aliphatic rings. The van der Waals surface area contributed by atoms with Crippen LogP contribution in [0.15, 0.2) is 30.5 Å². The lowest BCUT2D eigenvalue weighted by molar-refractivity contribution is 0.0516. The molecular formula is C18H20N4O4. The molecule has 26 heavy (non-hydrogen) atoms. The Morgan fingerprint density at radius 2 is 1.96 bits per heavy atom. The van der Waals surface area contributed by atoms with Crippen LogP contribution in [-0.4, -0.2) is 44.2 Å². The minimum atomic E-state index is -0.603. The normalized spacial score (nSPS) is 11.5. The molecule has 136 valence electrons. The molecule has 0 amide bonds. The number of fused-ring (bicyclic) bond motifs is 1. The zero-order chi connectivity index (χ0) is 18.9. The van der Waals surface area contributed by atoms with Crippen LogP contribution in [0.2, 0.25) is 0 Å². The minimum Gasteiger partial charge on any atom is -0.461 e. The number of esters is 1. The number of carbonyl (C=O) groups is 2. The van der Waals surface area contributed by atoms with Crippen LogP contribution in [0.3, 0.4) is 0 Å². The largest absolute Gasteiger partial charge is 0.461 e. The highest BCUT2D eigenvalue weighted by Crippen LogP contribution is 2.30. The molecule has 0 aliphatic heterocycles. The Bertz CT molecular complexity index is 965. The summed E-state index contributed by atoms with van der Waals surface area (Å²) in [5.41, 5.74) is 1.19. The highest BCUT2D eigenvalue weighted by atomic mass is 16.6. The molecule has 8 heteroatoms. The zero-order valence-electron chi connectivity index (χ0n) is 15.1. The molecule has 1 aromatic carbocycles. The number of hydrogen-bond donors (Lipinski definition) is 1. The van der Waals surface area contributed by atoms with Gasteiger partial charge in [0.1, 0.15) is 11.3 Å². The Balaban J connectivity index is 2.07. The topological polar surface area (TPSA) is 99.1 Å². The number of rotatable bonds is 3. The van der Waals surface area contributed by atoms with Gasteiger partial charge in [0.15, 0.2) is 5.69 Å². The van der Waals surface area contributed by atoms with E-state index in [9.17, 15) is 9.59 Å². The molecule has 2 heterocycles. The first kappa shape index (κ1) is 17.7. The molecule has 0 unspecified atom stereocenters. The van der Waals surface area contributed by atoms with E-state index in [1.165, 1.54) is 4.57 Å². The Hall–Kier alpha value is -3.16. The lowest BCUT2D eigenvalue weighted by Crippen LogP contribution is -2.26. The maximum atomic E-state index is 12.4. The van der Waals surface area contributed by atoms with Crippen molar-refractivity contribution in [3.8, 4) is 11.3 Å². The van der Waals surface area contributed by atoms with Gasteiger partial charge in [-0.1, -0.05) is 12.1 Å². The maximum Gasteiger partial charge on any atom is 0.418 e. The van der Waals surface area contributed by atoms with E-state index in [1.54, 1.807) is 31.3 Å². The van der Waals surface area contributed by atoms with Crippen LogP contribution in [0, 0.1) is 0 Å². The summed E-state index contributed by atoms with van der Waals surface area (Å²) < 4.78 is 11.9. The predicted octanol–water partition coefficient (Wildman–Crippen LogP) is 3.39. The van der Waals surface area contributed by atoms with Crippen molar-refractivity contribution in [1.29, 1.82) is 0 Å². The van der Waals surface area contributed by atoms with Gasteiger partial charge in [-0.2, -0.15) is 10.3 Å². The maximum absolute atomic E-state index is 12.4. The number of nitrogens with one attached hydrogen (secondary N) is 1. The van der Waals surface area contributed by atoms with Gasteiger partial charge in [0.25, 0.3) is 0 Å². The second-order valence-corrected chi connectivity index (χ2v) is 6.65. The van der Waals surface area contributed by atoms with E-state index in [-0.39, 0.29) is 12.3 Å². The predicted molar refractivity (Wildman–Crippen MR) is 94.9 cm³/mol. The number of carbonyl (C=O) groups excluding carboxylic acids is 2. The van der Waals surface area contributed by atoms with Crippen molar-refractivity contribution in [2.24, 2.45) is 0 Å². The molecule has 0 fully saturated rings. The number of aromatic nitrogens is 4. The lowest BCUT2D eigenvalue weighted by atomic mass is 10.1. The second kappa shape index (κ2) is 6.62. The second-order valence-electron chi connectivity index (χ2n) is 6.65. The van der Waals surface area contributed by atoms with Gasteiger partial charge in [-0.25, -0.2) is 9.59 Å². The van der Waals surface area contributed by atoms with Crippen LogP contribution < -0.4 is 0 Å². The van der Waals surface area contributed by atoms with Gasteiger partial charge in [0.2, 0.25) is 0 Å². The van der Waals surface area contributed by atoms with Crippen molar-refractivity contribution in [2.45, 2.75) is 33.3 Å². The van der Waals surface area contributed by atoms with Gasteiger partial charge in [-0.05, 0) is 39.8 Å². The molecule has 0 atom stereocenters. The van der Waals surface area contributed by atoms with E-state index in [0.717, 1.165) is 5.39 Å². The Labute approximate surface area is 150 Å². The number of nitrogens with zero attached hydrogens (tertiary/aromatic N) is 3. The van der Waals surface area contributed by atoms with Crippen molar-refractivity contribution < 1.29 is 19.1 Å². The van der Waals surface area contributed by atoms with Crippen LogP contribution in [0.25, 0.3) is 22.2 Å². The van der Waals surface area contributed by atoms with E-state index >= 15 is 0 Å². The van der Waals surface area contributed by atoms with E-state index in [1.807, 2.05) is 26.8 Å². The molecular weight excluding hydrogens is 336 g/mol. The van der Waals surface area contributed by atoms with Crippen molar-refractivity contribution in [3.63, 3.8) is 0 Å². The minimum absolute atomic E-state index is 0.101. The first-order valence-electron chi connectivity index (χ1n) is 8.23. The molecule has 3 aromatic rings. The first-order chi connectivity index (χ1) is 12.3. The Morgan fingerprint density at radius 3 is 2.65 bits per heavy atom. The summed E-state index contributed by atoms with van der Waals surface area (Å²) in [5, 5.41) is 11.2. The van der Waals surface area contributed by atoms with Crippen molar-refractivity contribution in [1.82, 2.24) is 20.0 Å². The molecule has 2 aromatic heterocycles. The summed E-state index contributed by atoms with van der Waals surface area (Å²) >= 11 is 0. The molecule has 0 bridgehead atoms. The van der Waals surface area contributed by atoms with Gasteiger partial charge in [-0.3, -0.25) is 4.57 Å². The van der Waals surface area contributed by atoms with Gasteiger partial charge in [0, 0.05) is 17.1 Å². The number of aromatic amines is 1. The molecule has 0 aliphatic carbocycles. The highest BCUT2D eigenvalue weighted by molar-refractivity contribution is 6.03. The summed E-state index contributed by atoms with van der Waals surface area (Å²) in [6.45, 7) is 7.39. The highest BCUT2D eigenvalue weighted by Gasteiger charge is 2.23. The fourth-order valence-electron chi connectivity index (χ4n) is 2.60. The van der Waals surface area contributed by atoms with Crippen molar-refractivity contribution >= 4 is 23.0 Å². The van der Waals surface area contributed by atoms with Gasteiger partial charge in [0.05, 0.1) is 12.1 Å². The lowest BCUT2D eigenvalue weighted by Gasteiger charge is -2.19. The van der Waals surface area contributed by atoms with Crippen molar-refractivity contribution in [3.05, 3.63) is 36.2 Å². The fourth-order valence-corrected chi connectivity index (χ4v) is 2.60. The summed E-state index contributed by atoms with van der Waals surface area (Å²) in [7, 11) is 0. The molecule has 0 radical (unpaired) electrons. The number of ether oxygens (including phenoxy) is 2. The van der Waals surface area contributed by atoms with E-state index < -0.39 is 17.7 Å². The smallest absolute Gasteiger partial charge is 0.418 e. The average Bonchev–Trinajstić information content (AvgIpc) is 3.20. The fraction of sp³-hybridized carbons (Fsp3) is 0.333. The van der Waals surface area contributed by atoms with Crippen LogP contribution in [0.5, 0.6) is 0 Å². The van der Waals surface area contributed by atoms with E-state index in [4.69, 9.17) is 9.47 Å². The summed E-state index contributed by atoms with van der Waals surface area (Å²) in [4.78, 5) is 24.5. The number of benzene rings is 1. The monoisotopic (exact) mass is 356 g/mol.